The molecular weight excluding hydrogens is 281 g/mol. The number of aromatic nitrogens is 2. The Hall–Kier alpha value is -2.19. The van der Waals surface area contributed by atoms with Crippen LogP contribution in [-0.4, -0.2) is 15.6 Å². The van der Waals surface area contributed by atoms with Gasteiger partial charge in [-0.3, -0.25) is 9.48 Å². The fraction of sp³-hybridized carbons (Fsp3) is 0.214. The average Bonchev–Trinajstić information content (AvgIpc) is 2.72. The summed E-state index contributed by atoms with van der Waals surface area (Å²) in [6.45, 7) is 1.66. The third kappa shape index (κ3) is 2.43. The minimum Gasteiger partial charge on any atom is -0.292 e. The second-order valence-electron chi connectivity index (χ2n) is 4.36. The van der Waals surface area contributed by atoms with Crippen molar-refractivity contribution in [3.05, 3.63) is 52.1 Å². The van der Waals surface area contributed by atoms with Crippen LogP contribution in [-0.2, 0) is 7.05 Å². The molecule has 0 aliphatic rings. The summed E-state index contributed by atoms with van der Waals surface area (Å²) in [6, 6.07) is 5.88. The number of halogens is 2. The summed E-state index contributed by atoms with van der Waals surface area (Å²) in [5, 5.41) is 13.3. The van der Waals surface area contributed by atoms with Gasteiger partial charge in [0.25, 0.3) is 0 Å². The number of Topliss-reactive ketones (excluding diaryl/α,β-unsaturated/α-hetero) is 1. The van der Waals surface area contributed by atoms with Gasteiger partial charge in [-0.1, -0.05) is 17.7 Å². The average molecular weight is 292 g/mol. The van der Waals surface area contributed by atoms with Gasteiger partial charge in [0.1, 0.15) is 11.7 Å². The van der Waals surface area contributed by atoms with E-state index < -0.39 is 17.5 Å². The molecule has 0 N–H and O–H groups in total. The molecule has 1 unspecified atom stereocenters. The Morgan fingerprint density at radius 1 is 1.55 bits per heavy atom. The van der Waals surface area contributed by atoms with Gasteiger partial charge in [0.15, 0.2) is 5.78 Å². The lowest BCUT2D eigenvalue weighted by molar-refractivity contribution is 0.0977. The third-order valence-corrected chi connectivity index (χ3v) is 3.29. The summed E-state index contributed by atoms with van der Waals surface area (Å²) in [7, 11) is 1.67. The van der Waals surface area contributed by atoms with E-state index in [4.69, 9.17) is 11.6 Å². The first-order chi connectivity index (χ1) is 9.45. The number of aryl methyl sites for hydroxylation is 2. The van der Waals surface area contributed by atoms with Crippen molar-refractivity contribution in [1.82, 2.24) is 9.78 Å². The zero-order valence-corrected chi connectivity index (χ0v) is 11.6. The first kappa shape index (κ1) is 14.2. The van der Waals surface area contributed by atoms with E-state index in [0.29, 0.717) is 11.3 Å². The molecule has 102 valence electrons. The first-order valence-corrected chi connectivity index (χ1v) is 6.21. The Labute approximate surface area is 120 Å². The van der Waals surface area contributed by atoms with E-state index in [0.717, 1.165) is 0 Å². The van der Waals surface area contributed by atoms with E-state index in [1.807, 2.05) is 6.07 Å². The topological polar surface area (TPSA) is 58.7 Å². The number of hydrogen-bond donors (Lipinski definition) is 0. The lowest BCUT2D eigenvalue weighted by Gasteiger charge is -2.10. The van der Waals surface area contributed by atoms with E-state index >= 15 is 0 Å². The molecular formula is C14H11ClFN3O. The highest BCUT2D eigenvalue weighted by atomic mass is 35.5. The van der Waals surface area contributed by atoms with E-state index in [-0.39, 0.29) is 10.6 Å². The second-order valence-corrected chi connectivity index (χ2v) is 4.77. The monoisotopic (exact) mass is 291 g/mol. The SMILES string of the molecule is Cc1nn(C)cc1C(=O)C(C#N)c1c(F)cccc1Cl. The number of ketones is 1. The van der Waals surface area contributed by atoms with Crippen molar-refractivity contribution in [1.29, 1.82) is 5.26 Å². The van der Waals surface area contributed by atoms with Gasteiger partial charge >= 0.3 is 0 Å². The maximum absolute atomic E-state index is 13.9. The molecule has 0 aliphatic heterocycles. The zero-order chi connectivity index (χ0) is 14.9. The molecule has 0 radical (unpaired) electrons. The molecule has 0 aliphatic carbocycles. The molecule has 4 nitrogen and oxygen atoms in total. The number of benzene rings is 1. The number of nitrogens with zero attached hydrogens (tertiary/aromatic N) is 3. The van der Waals surface area contributed by atoms with Gasteiger partial charge < -0.3 is 0 Å². The fourth-order valence-electron chi connectivity index (χ4n) is 2.04. The quantitative estimate of drug-likeness (QED) is 0.817. The van der Waals surface area contributed by atoms with Crippen LogP contribution in [0.1, 0.15) is 27.5 Å². The summed E-state index contributed by atoms with van der Waals surface area (Å²) < 4.78 is 15.3. The molecule has 2 aromatic rings. The largest absolute Gasteiger partial charge is 0.292 e. The van der Waals surface area contributed by atoms with Gasteiger partial charge in [-0.05, 0) is 19.1 Å². The third-order valence-electron chi connectivity index (χ3n) is 2.96. The Morgan fingerprint density at radius 2 is 2.25 bits per heavy atom. The van der Waals surface area contributed by atoms with Crippen LogP contribution < -0.4 is 0 Å². The molecule has 0 fully saturated rings. The number of hydrogen-bond acceptors (Lipinski definition) is 3. The lowest BCUT2D eigenvalue weighted by atomic mass is 9.91. The summed E-state index contributed by atoms with van der Waals surface area (Å²) >= 11 is 5.92. The molecule has 6 heteroatoms. The van der Waals surface area contributed by atoms with Crippen molar-refractivity contribution in [3.63, 3.8) is 0 Å². The Morgan fingerprint density at radius 3 is 2.75 bits per heavy atom. The molecule has 2 rings (SSSR count). The van der Waals surface area contributed by atoms with Crippen LogP contribution in [0, 0.1) is 24.1 Å². The Kier molecular flexibility index (Phi) is 3.86. The maximum Gasteiger partial charge on any atom is 0.188 e. The minimum atomic E-state index is -1.29. The summed E-state index contributed by atoms with van der Waals surface area (Å²) in [5.41, 5.74) is 0.688. The van der Waals surface area contributed by atoms with Gasteiger partial charge in [0.2, 0.25) is 0 Å². The number of nitriles is 1. The molecule has 1 aromatic heterocycles. The van der Waals surface area contributed by atoms with Crippen molar-refractivity contribution in [2.75, 3.05) is 0 Å². The predicted molar refractivity (Wildman–Crippen MR) is 72.0 cm³/mol. The number of rotatable bonds is 3. The van der Waals surface area contributed by atoms with Crippen LogP contribution in [0.5, 0.6) is 0 Å². The summed E-state index contributed by atoms with van der Waals surface area (Å²) in [6.07, 6.45) is 1.51. The van der Waals surface area contributed by atoms with Crippen molar-refractivity contribution >= 4 is 17.4 Å². The second kappa shape index (κ2) is 5.43. The molecule has 0 spiro atoms. The summed E-state index contributed by atoms with van der Waals surface area (Å²) in [5.74, 6) is -2.46. The van der Waals surface area contributed by atoms with Crippen molar-refractivity contribution in [3.8, 4) is 6.07 Å². The molecule has 0 saturated heterocycles. The lowest BCUT2D eigenvalue weighted by Crippen LogP contribution is -2.14. The molecule has 1 heterocycles. The van der Waals surface area contributed by atoms with Gasteiger partial charge in [0, 0.05) is 23.8 Å². The molecule has 0 amide bonds. The van der Waals surface area contributed by atoms with Crippen LogP contribution in [0.15, 0.2) is 24.4 Å². The molecule has 0 bridgehead atoms. The Balaban J connectivity index is 2.51. The molecule has 0 saturated carbocycles. The van der Waals surface area contributed by atoms with Crippen LogP contribution >= 0.6 is 11.6 Å². The standard InChI is InChI=1S/C14H11ClFN3O/c1-8-10(7-19(2)18-8)14(20)9(6-17)13-11(15)4-3-5-12(13)16/h3-5,7,9H,1-2H3. The van der Waals surface area contributed by atoms with Crippen molar-refractivity contribution < 1.29 is 9.18 Å². The van der Waals surface area contributed by atoms with Crippen LogP contribution in [0.25, 0.3) is 0 Å². The predicted octanol–water partition coefficient (Wildman–Crippen LogP) is 3.01. The van der Waals surface area contributed by atoms with Crippen LogP contribution in [0.4, 0.5) is 4.39 Å². The van der Waals surface area contributed by atoms with Crippen LogP contribution in [0.3, 0.4) is 0 Å². The van der Waals surface area contributed by atoms with E-state index in [1.165, 1.54) is 29.1 Å². The van der Waals surface area contributed by atoms with E-state index in [2.05, 4.69) is 5.10 Å². The number of carbonyl (C=O) groups excluding carboxylic acids is 1. The van der Waals surface area contributed by atoms with Crippen molar-refractivity contribution in [2.45, 2.75) is 12.8 Å². The normalized spacial score (nSPS) is 11.9. The number of carbonyl (C=O) groups is 1. The maximum atomic E-state index is 13.9. The van der Waals surface area contributed by atoms with Gasteiger partial charge in [-0.2, -0.15) is 10.4 Å². The highest BCUT2D eigenvalue weighted by molar-refractivity contribution is 6.31. The van der Waals surface area contributed by atoms with E-state index in [9.17, 15) is 14.4 Å². The molecule has 1 atom stereocenters. The Bertz CT molecular complexity index is 697. The van der Waals surface area contributed by atoms with Gasteiger partial charge in [-0.25, -0.2) is 4.39 Å². The highest BCUT2D eigenvalue weighted by Gasteiger charge is 2.29. The van der Waals surface area contributed by atoms with Crippen molar-refractivity contribution in [2.24, 2.45) is 7.05 Å². The fourth-order valence-corrected chi connectivity index (χ4v) is 2.31. The highest BCUT2D eigenvalue weighted by Crippen LogP contribution is 2.30. The smallest absolute Gasteiger partial charge is 0.188 e. The minimum absolute atomic E-state index is 0.0615. The van der Waals surface area contributed by atoms with E-state index in [1.54, 1.807) is 14.0 Å². The van der Waals surface area contributed by atoms with Gasteiger partial charge in [-0.15, -0.1) is 0 Å². The summed E-state index contributed by atoms with van der Waals surface area (Å²) in [4.78, 5) is 12.4. The zero-order valence-electron chi connectivity index (χ0n) is 10.9. The molecule has 1 aromatic carbocycles. The van der Waals surface area contributed by atoms with Crippen LogP contribution in [0.2, 0.25) is 5.02 Å². The molecule has 20 heavy (non-hydrogen) atoms. The first-order valence-electron chi connectivity index (χ1n) is 5.83. The van der Waals surface area contributed by atoms with Gasteiger partial charge in [0.05, 0.1) is 17.3 Å².